The Morgan fingerprint density at radius 2 is 1.94 bits per heavy atom. The minimum absolute atomic E-state index is 0.00618. The lowest BCUT2D eigenvalue weighted by atomic mass is 10.2. The molecule has 0 aliphatic rings. The first-order valence-corrected chi connectivity index (χ1v) is 6.58. The summed E-state index contributed by atoms with van der Waals surface area (Å²) in [5.41, 5.74) is 7.92. The summed E-state index contributed by atoms with van der Waals surface area (Å²) in [5, 5.41) is 0. The SMILES string of the molecule is CCN(c1ccc([C@@H](C)N)nc1)C(C)CN(C)C. The van der Waals surface area contributed by atoms with Crippen molar-refractivity contribution in [1.29, 1.82) is 0 Å². The first-order chi connectivity index (χ1) is 8.45. The third-order valence-electron chi connectivity index (χ3n) is 3.07. The van der Waals surface area contributed by atoms with Gasteiger partial charge < -0.3 is 15.5 Å². The van der Waals surface area contributed by atoms with Gasteiger partial charge in [0.05, 0.1) is 17.6 Å². The van der Waals surface area contributed by atoms with Crippen molar-refractivity contribution in [2.45, 2.75) is 32.9 Å². The van der Waals surface area contributed by atoms with E-state index in [9.17, 15) is 0 Å². The van der Waals surface area contributed by atoms with Gasteiger partial charge in [0.15, 0.2) is 0 Å². The fraction of sp³-hybridized carbons (Fsp3) is 0.643. The van der Waals surface area contributed by atoms with Crippen LogP contribution in [0.5, 0.6) is 0 Å². The maximum atomic E-state index is 5.82. The Hall–Kier alpha value is -1.13. The summed E-state index contributed by atoms with van der Waals surface area (Å²) in [6, 6.07) is 4.59. The Morgan fingerprint density at radius 3 is 2.33 bits per heavy atom. The number of pyridine rings is 1. The topological polar surface area (TPSA) is 45.4 Å². The quantitative estimate of drug-likeness (QED) is 0.837. The summed E-state index contributed by atoms with van der Waals surface area (Å²) in [4.78, 5) is 8.99. The zero-order valence-corrected chi connectivity index (χ0v) is 12.2. The van der Waals surface area contributed by atoms with E-state index in [2.05, 4.69) is 48.8 Å². The molecule has 1 rings (SSSR count). The summed E-state index contributed by atoms with van der Waals surface area (Å²) < 4.78 is 0. The van der Waals surface area contributed by atoms with Crippen LogP contribution in [0.4, 0.5) is 5.69 Å². The highest BCUT2D eigenvalue weighted by Crippen LogP contribution is 2.18. The van der Waals surface area contributed by atoms with Gasteiger partial charge in [-0.15, -0.1) is 0 Å². The van der Waals surface area contributed by atoms with Gasteiger partial charge in [0.25, 0.3) is 0 Å². The summed E-state index contributed by atoms with van der Waals surface area (Å²) in [5.74, 6) is 0. The van der Waals surface area contributed by atoms with Crippen LogP contribution in [0.25, 0.3) is 0 Å². The number of hydrogen-bond donors (Lipinski definition) is 1. The van der Waals surface area contributed by atoms with Crippen molar-refractivity contribution in [3.8, 4) is 0 Å². The van der Waals surface area contributed by atoms with Crippen molar-refractivity contribution in [2.24, 2.45) is 5.73 Å². The second-order valence-corrected chi connectivity index (χ2v) is 5.13. The van der Waals surface area contributed by atoms with Crippen LogP contribution in [-0.2, 0) is 0 Å². The third-order valence-corrected chi connectivity index (χ3v) is 3.07. The maximum absolute atomic E-state index is 5.82. The molecule has 4 nitrogen and oxygen atoms in total. The van der Waals surface area contributed by atoms with Crippen LogP contribution in [0.1, 0.15) is 32.5 Å². The Kier molecular flexibility index (Phi) is 5.56. The molecule has 0 aliphatic carbocycles. The van der Waals surface area contributed by atoms with Gasteiger partial charge in [-0.05, 0) is 47.0 Å². The molecule has 0 aromatic carbocycles. The molecule has 2 atom stereocenters. The maximum Gasteiger partial charge on any atom is 0.0569 e. The summed E-state index contributed by atoms with van der Waals surface area (Å²) >= 11 is 0. The van der Waals surface area contributed by atoms with Gasteiger partial charge in [0.1, 0.15) is 0 Å². The van der Waals surface area contributed by atoms with Crippen LogP contribution in [0.2, 0.25) is 0 Å². The molecule has 0 saturated carbocycles. The molecule has 102 valence electrons. The summed E-state index contributed by atoms with van der Waals surface area (Å²) in [7, 11) is 4.20. The molecular weight excluding hydrogens is 224 g/mol. The molecule has 2 N–H and O–H groups in total. The largest absolute Gasteiger partial charge is 0.367 e. The standard InChI is InChI=1S/C14H26N4/c1-6-18(11(2)10-17(4)5)13-7-8-14(12(3)15)16-9-13/h7-9,11-12H,6,10,15H2,1-5H3/t11?,12-/m1/s1. The number of rotatable bonds is 6. The molecule has 0 aliphatic heterocycles. The van der Waals surface area contributed by atoms with E-state index in [0.29, 0.717) is 6.04 Å². The van der Waals surface area contributed by atoms with Crippen LogP contribution in [0.15, 0.2) is 18.3 Å². The van der Waals surface area contributed by atoms with Crippen LogP contribution in [-0.4, -0.2) is 43.1 Å². The van der Waals surface area contributed by atoms with E-state index in [1.165, 1.54) is 0 Å². The minimum atomic E-state index is -0.00618. The number of nitrogens with two attached hydrogens (primary N) is 1. The molecule has 0 fully saturated rings. The molecule has 0 radical (unpaired) electrons. The number of hydrogen-bond acceptors (Lipinski definition) is 4. The predicted octanol–water partition coefficient (Wildman–Crippen LogP) is 1.88. The molecule has 0 saturated heterocycles. The molecule has 0 amide bonds. The van der Waals surface area contributed by atoms with E-state index in [0.717, 1.165) is 24.5 Å². The zero-order chi connectivity index (χ0) is 13.7. The minimum Gasteiger partial charge on any atom is -0.367 e. The van der Waals surface area contributed by atoms with Gasteiger partial charge in [-0.25, -0.2) is 0 Å². The van der Waals surface area contributed by atoms with E-state index in [4.69, 9.17) is 5.73 Å². The van der Waals surface area contributed by atoms with Gasteiger partial charge >= 0.3 is 0 Å². The van der Waals surface area contributed by atoms with Gasteiger partial charge in [-0.2, -0.15) is 0 Å². The van der Waals surface area contributed by atoms with Crippen molar-refractivity contribution >= 4 is 5.69 Å². The monoisotopic (exact) mass is 250 g/mol. The average Bonchev–Trinajstić information content (AvgIpc) is 2.29. The normalized spacial score (nSPS) is 14.6. The van der Waals surface area contributed by atoms with E-state index in [1.807, 2.05) is 19.2 Å². The van der Waals surface area contributed by atoms with E-state index in [1.54, 1.807) is 0 Å². The van der Waals surface area contributed by atoms with Crippen molar-refractivity contribution < 1.29 is 0 Å². The van der Waals surface area contributed by atoms with Crippen molar-refractivity contribution in [1.82, 2.24) is 9.88 Å². The lowest BCUT2D eigenvalue weighted by Gasteiger charge is -2.32. The highest BCUT2D eigenvalue weighted by molar-refractivity contribution is 5.45. The number of nitrogens with zero attached hydrogens (tertiary/aromatic N) is 3. The third kappa shape index (κ3) is 3.96. The lowest BCUT2D eigenvalue weighted by molar-refractivity contribution is 0.373. The first-order valence-electron chi connectivity index (χ1n) is 6.58. The number of anilines is 1. The average molecular weight is 250 g/mol. The second kappa shape index (κ2) is 6.71. The summed E-state index contributed by atoms with van der Waals surface area (Å²) in [6.07, 6.45) is 1.92. The molecule has 0 bridgehead atoms. The van der Waals surface area contributed by atoms with Crippen LogP contribution in [0.3, 0.4) is 0 Å². The van der Waals surface area contributed by atoms with Gasteiger partial charge in [0, 0.05) is 25.2 Å². The van der Waals surface area contributed by atoms with Crippen molar-refractivity contribution in [2.75, 3.05) is 32.1 Å². The molecular formula is C14H26N4. The molecule has 4 heteroatoms. The van der Waals surface area contributed by atoms with Crippen LogP contribution >= 0.6 is 0 Å². The zero-order valence-electron chi connectivity index (χ0n) is 12.2. The highest BCUT2D eigenvalue weighted by atomic mass is 15.2. The predicted molar refractivity (Wildman–Crippen MR) is 77.9 cm³/mol. The van der Waals surface area contributed by atoms with E-state index >= 15 is 0 Å². The Labute approximate surface area is 111 Å². The first kappa shape index (κ1) is 14.9. The molecule has 1 unspecified atom stereocenters. The number of aromatic nitrogens is 1. The number of likely N-dealkylation sites (N-methyl/N-ethyl adjacent to an activating group) is 2. The highest BCUT2D eigenvalue weighted by Gasteiger charge is 2.14. The van der Waals surface area contributed by atoms with E-state index < -0.39 is 0 Å². The lowest BCUT2D eigenvalue weighted by Crippen LogP contribution is -2.40. The van der Waals surface area contributed by atoms with Crippen LogP contribution < -0.4 is 10.6 Å². The smallest absolute Gasteiger partial charge is 0.0569 e. The van der Waals surface area contributed by atoms with Crippen molar-refractivity contribution in [3.05, 3.63) is 24.0 Å². The Balaban J connectivity index is 2.81. The van der Waals surface area contributed by atoms with Gasteiger partial charge in [-0.3, -0.25) is 4.98 Å². The van der Waals surface area contributed by atoms with Crippen LogP contribution in [0, 0.1) is 0 Å². The molecule has 18 heavy (non-hydrogen) atoms. The molecule has 1 aromatic rings. The summed E-state index contributed by atoms with van der Waals surface area (Å²) in [6.45, 7) is 8.37. The van der Waals surface area contributed by atoms with Gasteiger partial charge in [-0.1, -0.05) is 0 Å². The molecule has 1 aromatic heterocycles. The fourth-order valence-electron chi connectivity index (χ4n) is 2.21. The molecule has 1 heterocycles. The van der Waals surface area contributed by atoms with E-state index in [-0.39, 0.29) is 6.04 Å². The fourth-order valence-corrected chi connectivity index (χ4v) is 2.21. The second-order valence-electron chi connectivity index (χ2n) is 5.13. The van der Waals surface area contributed by atoms with Crippen molar-refractivity contribution in [3.63, 3.8) is 0 Å². The van der Waals surface area contributed by atoms with Gasteiger partial charge in [0.2, 0.25) is 0 Å². The Bertz CT molecular complexity index is 345. The Morgan fingerprint density at radius 1 is 1.28 bits per heavy atom. The molecule has 0 spiro atoms.